The van der Waals surface area contributed by atoms with Gasteiger partial charge in [-0.05, 0) is 62.6 Å². The van der Waals surface area contributed by atoms with Crippen molar-refractivity contribution in [3.63, 3.8) is 0 Å². The van der Waals surface area contributed by atoms with Gasteiger partial charge in [0.05, 0.1) is 34.0 Å². The Bertz CT molecular complexity index is 1280. The highest BCUT2D eigenvalue weighted by Gasteiger charge is 2.39. The van der Waals surface area contributed by atoms with Gasteiger partial charge in [-0.25, -0.2) is 8.42 Å². The SMILES string of the molecule is Cc1ccc2c(cnn2C(CC2CCOCC2)C(=O)Cc2ccn(C)n2)c1S(=O)(=O)C1CC1. The highest BCUT2D eigenvalue weighted by atomic mass is 32.2. The lowest BCUT2D eigenvalue weighted by Crippen LogP contribution is -2.27. The van der Waals surface area contributed by atoms with Crippen LogP contribution in [0, 0.1) is 12.8 Å². The average molecular weight is 471 g/mol. The second kappa shape index (κ2) is 8.68. The van der Waals surface area contributed by atoms with Crippen molar-refractivity contribution in [3.05, 3.63) is 41.9 Å². The number of sulfone groups is 1. The largest absolute Gasteiger partial charge is 0.381 e. The number of nitrogens with zero attached hydrogens (tertiary/aromatic N) is 4. The Balaban J connectivity index is 1.55. The Morgan fingerprint density at radius 1 is 1.18 bits per heavy atom. The molecule has 1 saturated carbocycles. The van der Waals surface area contributed by atoms with Gasteiger partial charge in [-0.2, -0.15) is 10.2 Å². The molecule has 5 rings (SSSR count). The number of Topliss-reactive ketones (excluding diaryl/α,β-unsaturated/α-hetero) is 1. The molecule has 2 aromatic heterocycles. The van der Waals surface area contributed by atoms with Gasteiger partial charge in [-0.3, -0.25) is 14.2 Å². The minimum Gasteiger partial charge on any atom is -0.381 e. The van der Waals surface area contributed by atoms with E-state index < -0.39 is 15.9 Å². The van der Waals surface area contributed by atoms with E-state index in [0.29, 0.717) is 54.2 Å². The Morgan fingerprint density at radius 2 is 1.94 bits per heavy atom. The quantitative estimate of drug-likeness (QED) is 0.502. The zero-order valence-electron chi connectivity index (χ0n) is 19.1. The molecule has 33 heavy (non-hydrogen) atoms. The van der Waals surface area contributed by atoms with Crippen molar-refractivity contribution in [1.29, 1.82) is 0 Å². The van der Waals surface area contributed by atoms with Crippen molar-refractivity contribution in [1.82, 2.24) is 19.6 Å². The van der Waals surface area contributed by atoms with Crippen LogP contribution < -0.4 is 0 Å². The number of aryl methyl sites for hydroxylation is 2. The Morgan fingerprint density at radius 3 is 2.61 bits per heavy atom. The molecule has 2 aliphatic rings. The van der Waals surface area contributed by atoms with E-state index in [-0.39, 0.29) is 17.5 Å². The molecular formula is C24H30N4O4S. The third-order valence-corrected chi connectivity index (χ3v) is 9.32. The molecule has 1 aromatic carbocycles. The number of carbonyl (C=O) groups excluding carboxylic acids is 1. The number of ketones is 1. The van der Waals surface area contributed by atoms with Gasteiger partial charge in [0, 0.05) is 31.8 Å². The van der Waals surface area contributed by atoms with Crippen molar-refractivity contribution in [3.8, 4) is 0 Å². The minimum atomic E-state index is -3.40. The van der Waals surface area contributed by atoms with Crippen LogP contribution >= 0.6 is 0 Å². The standard InChI is InChI=1S/C24H30N4O4S/c1-16-3-6-21-20(24(16)33(30,31)19-4-5-19)15-25-28(21)22(13-17-8-11-32-12-9-17)23(29)14-18-7-10-27(2)26-18/h3,6-7,10,15,17,19,22H,4-5,8-9,11-14H2,1-2H3. The predicted molar refractivity (Wildman–Crippen MR) is 124 cm³/mol. The van der Waals surface area contributed by atoms with E-state index in [4.69, 9.17) is 4.74 Å². The van der Waals surface area contributed by atoms with Gasteiger partial charge in [0.2, 0.25) is 0 Å². The van der Waals surface area contributed by atoms with Crippen LogP contribution in [0.15, 0.2) is 35.5 Å². The van der Waals surface area contributed by atoms with Gasteiger partial charge < -0.3 is 4.74 Å². The average Bonchev–Trinajstić information content (AvgIpc) is 3.47. The summed E-state index contributed by atoms with van der Waals surface area (Å²) in [6.07, 6.45) is 7.57. The number of aromatic nitrogens is 4. The molecule has 3 heterocycles. The van der Waals surface area contributed by atoms with Crippen LogP contribution in [0.3, 0.4) is 0 Å². The van der Waals surface area contributed by atoms with Crippen LogP contribution in [0.5, 0.6) is 0 Å². The fraction of sp³-hybridized carbons (Fsp3) is 0.542. The van der Waals surface area contributed by atoms with Crippen LogP contribution in [0.1, 0.15) is 49.4 Å². The highest BCUT2D eigenvalue weighted by Crippen LogP contribution is 2.39. The monoisotopic (exact) mass is 470 g/mol. The summed E-state index contributed by atoms with van der Waals surface area (Å²) in [6, 6.07) is 5.11. The Hall–Kier alpha value is -2.52. The molecule has 0 amide bonds. The molecule has 0 spiro atoms. The summed E-state index contributed by atoms with van der Waals surface area (Å²) in [5, 5.41) is 9.29. The first-order chi connectivity index (χ1) is 15.8. The van der Waals surface area contributed by atoms with Gasteiger partial charge in [0.25, 0.3) is 0 Å². The normalized spacial score (nSPS) is 18.6. The maximum atomic E-state index is 13.5. The molecular weight excluding hydrogens is 440 g/mol. The smallest absolute Gasteiger partial charge is 0.182 e. The Kier molecular flexibility index (Phi) is 5.86. The van der Waals surface area contributed by atoms with Crippen molar-refractivity contribution in [2.75, 3.05) is 13.2 Å². The fourth-order valence-electron chi connectivity index (χ4n) is 4.90. The van der Waals surface area contributed by atoms with E-state index in [1.165, 1.54) is 0 Å². The van der Waals surface area contributed by atoms with Crippen LogP contribution in [0.2, 0.25) is 0 Å². The predicted octanol–water partition coefficient (Wildman–Crippen LogP) is 3.18. The molecule has 0 radical (unpaired) electrons. The number of hydrogen-bond acceptors (Lipinski definition) is 6. The summed E-state index contributed by atoms with van der Waals surface area (Å²) >= 11 is 0. The maximum absolute atomic E-state index is 13.5. The third-order valence-electron chi connectivity index (χ3n) is 6.86. The van der Waals surface area contributed by atoms with Gasteiger partial charge >= 0.3 is 0 Å². The van der Waals surface area contributed by atoms with Crippen LogP contribution in [0.25, 0.3) is 10.9 Å². The molecule has 0 N–H and O–H groups in total. The maximum Gasteiger partial charge on any atom is 0.182 e. The van der Waals surface area contributed by atoms with Crippen molar-refractivity contribution in [2.45, 2.75) is 61.6 Å². The van der Waals surface area contributed by atoms with Gasteiger partial charge in [0.15, 0.2) is 15.6 Å². The minimum absolute atomic E-state index is 0.0392. The molecule has 2 fully saturated rings. The topological polar surface area (TPSA) is 96.1 Å². The number of benzene rings is 1. The summed E-state index contributed by atoms with van der Waals surface area (Å²) in [7, 11) is -1.56. The molecule has 1 atom stereocenters. The molecule has 9 heteroatoms. The molecule has 1 unspecified atom stereocenters. The lowest BCUT2D eigenvalue weighted by atomic mass is 9.90. The summed E-state index contributed by atoms with van der Waals surface area (Å²) in [5.74, 6) is 0.396. The van der Waals surface area contributed by atoms with Crippen LogP contribution in [0.4, 0.5) is 0 Å². The first kappa shape index (κ1) is 22.3. The molecule has 1 aliphatic carbocycles. The summed E-state index contributed by atoms with van der Waals surface area (Å²) in [4.78, 5) is 13.9. The van der Waals surface area contributed by atoms with E-state index >= 15 is 0 Å². The molecule has 176 valence electrons. The number of carbonyl (C=O) groups is 1. The summed E-state index contributed by atoms with van der Waals surface area (Å²) in [6.45, 7) is 3.24. The van der Waals surface area contributed by atoms with E-state index in [9.17, 15) is 13.2 Å². The summed E-state index contributed by atoms with van der Waals surface area (Å²) in [5.41, 5.74) is 2.16. The molecule has 0 bridgehead atoms. The second-order valence-corrected chi connectivity index (χ2v) is 11.6. The van der Waals surface area contributed by atoms with Crippen molar-refractivity contribution >= 4 is 26.5 Å². The van der Waals surface area contributed by atoms with Gasteiger partial charge in [0.1, 0.15) is 6.04 Å². The summed E-state index contributed by atoms with van der Waals surface area (Å²) < 4.78 is 35.3. The number of fused-ring (bicyclic) bond motifs is 1. The van der Waals surface area contributed by atoms with Gasteiger partial charge in [-0.1, -0.05) is 6.07 Å². The fourth-order valence-corrected chi connectivity index (χ4v) is 6.97. The second-order valence-electron chi connectivity index (χ2n) is 9.41. The Labute approximate surface area is 193 Å². The zero-order chi connectivity index (χ0) is 23.2. The first-order valence-corrected chi connectivity index (χ1v) is 13.2. The van der Waals surface area contributed by atoms with E-state index in [0.717, 1.165) is 24.1 Å². The van der Waals surface area contributed by atoms with Crippen LogP contribution in [-0.2, 0) is 32.8 Å². The van der Waals surface area contributed by atoms with Crippen molar-refractivity contribution < 1.29 is 17.9 Å². The lowest BCUT2D eigenvalue weighted by molar-refractivity contribution is -0.122. The van der Waals surface area contributed by atoms with Crippen molar-refractivity contribution in [2.24, 2.45) is 13.0 Å². The highest BCUT2D eigenvalue weighted by molar-refractivity contribution is 7.92. The van der Waals surface area contributed by atoms with E-state index in [1.54, 1.807) is 15.6 Å². The number of rotatable bonds is 8. The molecule has 8 nitrogen and oxygen atoms in total. The van der Waals surface area contributed by atoms with E-state index in [1.807, 2.05) is 38.4 Å². The number of ether oxygens (including phenoxy) is 1. The third kappa shape index (κ3) is 4.36. The molecule has 1 saturated heterocycles. The van der Waals surface area contributed by atoms with Crippen LogP contribution in [-0.4, -0.2) is 52.2 Å². The lowest BCUT2D eigenvalue weighted by Gasteiger charge is -2.26. The molecule has 1 aliphatic heterocycles. The molecule has 3 aromatic rings. The van der Waals surface area contributed by atoms with E-state index in [2.05, 4.69) is 10.2 Å². The zero-order valence-corrected chi connectivity index (χ0v) is 19.9. The number of hydrogen-bond donors (Lipinski definition) is 0. The first-order valence-electron chi connectivity index (χ1n) is 11.6. The van der Waals surface area contributed by atoms with Gasteiger partial charge in [-0.15, -0.1) is 0 Å².